The molecule has 0 fully saturated rings. The molecule has 144 valence electrons. The Balaban J connectivity index is 1.58. The molecular weight excluding hydrogens is 450 g/mol. The molecule has 1 amide bonds. The van der Waals surface area contributed by atoms with Crippen LogP contribution >= 0.6 is 27.7 Å². The first-order valence-corrected chi connectivity index (χ1v) is 10.6. The molecule has 0 radical (unpaired) electrons. The molecule has 0 unspecified atom stereocenters. The zero-order valence-electron chi connectivity index (χ0n) is 15.2. The molecule has 4 rings (SSSR count). The number of thioether (sulfide) groups is 1. The van der Waals surface area contributed by atoms with Crippen LogP contribution in [0.1, 0.15) is 0 Å². The third-order valence-corrected chi connectivity index (χ3v) is 5.69. The van der Waals surface area contributed by atoms with Crippen LogP contribution < -0.4 is 5.32 Å². The van der Waals surface area contributed by atoms with Crippen LogP contribution in [-0.2, 0) is 4.79 Å². The number of nitrogens with one attached hydrogen (secondary N) is 1. The molecular formula is C21H16BrN5OS. The summed E-state index contributed by atoms with van der Waals surface area (Å²) >= 11 is 4.78. The van der Waals surface area contributed by atoms with E-state index in [-0.39, 0.29) is 11.7 Å². The van der Waals surface area contributed by atoms with E-state index in [0.29, 0.717) is 11.0 Å². The fourth-order valence-corrected chi connectivity index (χ4v) is 3.88. The summed E-state index contributed by atoms with van der Waals surface area (Å²) in [6.07, 6.45) is 3.44. The van der Waals surface area contributed by atoms with E-state index in [4.69, 9.17) is 0 Å². The van der Waals surface area contributed by atoms with Gasteiger partial charge in [-0.3, -0.25) is 14.3 Å². The van der Waals surface area contributed by atoms with Crippen molar-refractivity contribution in [3.8, 4) is 17.1 Å². The number of carbonyl (C=O) groups excluding carboxylic acids is 1. The van der Waals surface area contributed by atoms with Gasteiger partial charge in [-0.1, -0.05) is 42.1 Å². The first-order valence-electron chi connectivity index (χ1n) is 8.81. The van der Waals surface area contributed by atoms with E-state index in [1.54, 1.807) is 12.4 Å². The summed E-state index contributed by atoms with van der Waals surface area (Å²) in [5.41, 5.74) is 2.57. The summed E-state index contributed by atoms with van der Waals surface area (Å²) in [6, 6.07) is 21.1. The fraction of sp³-hybridized carbons (Fsp3) is 0.0476. The molecule has 2 aromatic heterocycles. The number of aromatic nitrogens is 4. The number of hydrogen-bond acceptors (Lipinski definition) is 5. The third-order valence-electron chi connectivity index (χ3n) is 4.07. The van der Waals surface area contributed by atoms with E-state index >= 15 is 0 Å². The third kappa shape index (κ3) is 4.55. The van der Waals surface area contributed by atoms with Gasteiger partial charge in [0.05, 0.1) is 11.4 Å². The maximum absolute atomic E-state index is 12.4. The standard InChI is InChI=1S/C21H16BrN5OS/c22-17-8-4-5-9-18(17)24-19(28)14-29-21-26-25-20(15-10-12-23-13-11-15)27(21)16-6-2-1-3-7-16/h1-13H,14H2,(H,24,28). The molecule has 2 aromatic carbocycles. The van der Waals surface area contributed by atoms with E-state index in [2.05, 4.69) is 36.4 Å². The molecule has 2 heterocycles. The van der Waals surface area contributed by atoms with Crippen LogP contribution in [0.25, 0.3) is 17.1 Å². The van der Waals surface area contributed by atoms with E-state index in [1.807, 2.05) is 71.3 Å². The van der Waals surface area contributed by atoms with Crippen molar-refractivity contribution in [2.24, 2.45) is 0 Å². The number of nitrogens with zero attached hydrogens (tertiary/aromatic N) is 4. The van der Waals surface area contributed by atoms with Crippen molar-refractivity contribution < 1.29 is 4.79 Å². The van der Waals surface area contributed by atoms with Crippen LogP contribution in [0.2, 0.25) is 0 Å². The number of benzene rings is 2. The predicted molar refractivity (Wildman–Crippen MR) is 118 cm³/mol. The second-order valence-electron chi connectivity index (χ2n) is 6.03. The molecule has 6 nitrogen and oxygen atoms in total. The van der Waals surface area contributed by atoms with E-state index in [1.165, 1.54) is 11.8 Å². The minimum Gasteiger partial charge on any atom is -0.324 e. The number of carbonyl (C=O) groups is 1. The highest BCUT2D eigenvalue weighted by Gasteiger charge is 2.17. The number of para-hydroxylation sites is 2. The van der Waals surface area contributed by atoms with E-state index in [9.17, 15) is 4.79 Å². The Morgan fingerprint density at radius 3 is 2.45 bits per heavy atom. The Hall–Kier alpha value is -2.97. The van der Waals surface area contributed by atoms with Gasteiger partial charge in [-0.15, -0.1) is 10.2 Å². The Kier molecular flexibility index (Phi) is 6.02. The summed E-state index contributed by atoms with van der Waals surface area (Å²) in [5, 5.41) is 12.2. The minimum absolute atomic E-state index is 0.116. The van der Waals surface area contributed by atoms with Crippen molar-refractivity contribution in [3.05, 3.63) is 83.6 Å². The highest BCUT2D eigenvalue weighted by Crippen LogP contribution is 2.28. The number of amides is 1. The van der Waals surface area contributed by atoms with Gasteiger partial charge in [0.2, 0.25) is 5.91 Å². The van der Waals surface area contributed by atoms with Crippen molar-refractivity contribution in [2.45, 2.75) is 5.16 Å². The van der Waals surface area contributed by atoms with Gasteiger partial charge >= 0.3 is 0 Å². The monoisotopic (exact) mass is 465 g/mol. The lowest BCUT2D eigenvalue weighted by atomic mass is 10.2. The van der Waals surface area contributed by atoms with Crippen molar-refractivity contribution >= 4 is 39.3 Å². The number of anilines is 1. The smallest absolute Gasteiger partial charge is 0.234 e. The first kappa shape index (κ1) is 19.4. The van der Waals surface area contributed by atoms with Gasteiger partial charge in [0, 0.05) is 28.1 Å². The van der Waals surface area contributed by atoms with Gasteiger partial charge in [-0.2, -0.15) is 0 Å². The molecule has 29 heavy (non-hydrogen) atoms. The summed E-state index contributed by atoms with van der Waals surface area (Å²) in [7, 11) is 0. The SMILES string of the molecule is O=C(CSc1nnc(-c2ccncc2)n1-c1ccccc1)Nc1ccccc1Br. The quantitative estimate of drug-likeness (QED) is 0.413. The normalized spacial score (nSPS) is 10.7. The largest absolute Gasteiger partial charge is 0.324 e. The molecule has 0 saturated carbocycles. The highest BCUT2D eigenvalue weighted by molar-refractivity contribution is 9.10. The molecule has 0 atom stereocenters. The second kappa shape index (κ2) is 9.02. The number of halogens is 1. The van der Waals surface area contributed by atoms with Gasteiger partial charge in [0.1, 0.15) is 0 Å². The lowest BCUT2D eigenvalue weighted by Crippen LogP contribution is -2.15. The molecule has 0 bridgehead atoms. The average molecular weight is 466 g/mol. The van der Waals surface area contributed by atoms with Crippen LogP contribution in [0, 0.1) is 0 Å². The Bertz CT molecular complexity index is 1120. The molecule has 0 aliphatic rings. The van der Waals surface area contributed by atoms with Crippen LogP contribution in [0.3, 0.4) is 0 Å². The van der Waals surface area contributed by atoms with Crippen molar-refractivity contribution in [3.63, 3.8) is 0 Å². The van der Waals surface area contributed by atoms with Gasteiger partial charge in [0.25, 0.3) is 0 Å². The number of rotatable bonds is 6. The van der Waals surface area contributed by atoms with Gasteiger partial charge in [-0.25, -0.2) is 0 Å². The van der Waals surface area contributed by atoms with Crippen molar-refractivity contribution in [1.29, 1.82) is 0 Å². The summed E-state index contributed by atoms with van der Waals surface area (Å²) in [4.78, 5) is 16.5. The molecule has 0 spiro atoms. The lowest BCUT2D eigenvalue weighted by molar-refractivity contribution is -0.113. The van der Waals surface area contributed by atoms with Crippen molar-refractivity contribution in [2.75, 3.05) is 11.1 Å². The highest BCUT2D eigenvalue weighted by atomic mass is 79.9. The lowest BCUT2D eigenvalue weighted by Gasteiger charge is -2.10. The van der Waals surface area contributed by atoms with Crippen LogP contribution in [-0.4, -0.2) is 31.4 Å². The molecule has 4 aromatic rings. The van der Waals surface area contributed by atoms with E-state index in [0.717, 1.165) is 21.4 Å². The Morgan fingerprint density at radius 1 is 0.966 bits per heavy atom. The predicted octanol–water partition coefficient (Wildman–Crippen LogP) is 4.82. The number of hydrogen-bond donors (Lipinski definition) is 1. The number of pyridine rings is 1. The minimum atomic E-state index is -0.116. The van der Waals surface area contributed by atoms with Gasteiger partial charge in [0.15, 0.2) is 11.0 Å². The summed E-state index contributed by atoms with van der Waals surface area (Å²) in [5.74, 6) is 0.796. The zero-order valence-corrected chi connectivity index (χ0v) is 17.6. The Morgan fingerprint density at radius 2 is 1.69 bits per heavy atom. The maximum atomic E-state index is 12.4. The van der Waals surface area contributed by atoms with Crippen LogP contribution in [0.15, 0.2) is 88.8 Å². The molecule has 0 aliphatic carbocycles. The fourth-order valence-electron chi connectivity index (χ4n) is 2.74. The van der Waals surface area contributed by atoms with Gasteiger partial charge in [-0.05, 0) is 52.3 Å². The van der Waals surface area contributed by atoms with Crippen molar-refractivity contribution in [1.82, 2.24) is 19.7 Å². The van der Waals surface area contributed by atoms with Crippen LogP contribution in [0.5, 0.6) is 0 Å². The molecule has 0 aliphatic heterocycles. The topological polar surface area (TPSA) is 72.7 Å². The molecule has 0 saturated heterocycles. The molecule has 1 N–H and O–H groups in total. The molecule has 8 heteroatoms. The Labute approximate surface area is 180 Å². The van der Waals surface area contributed by atoms with Crippen LogP contribution in [0.4, 0.5) is 5.69 Å². The zero-order chi connectivity index (χ0) is 20.1. The van der Waals surface area contributed by atoms with Gasteiger partial charge < -0.3 is 5.32 Å². The second-order valence-corrected chi connectivity index (χ2v) is 7.83. The summed E-state index contributed by atoms with van der Waals surface area (Å²) < 4.78 is 2.79. The average Bonchev–Trinajstić information content (AvgIpc) is 3.19. The van der Waals surface area contributed by atoms with E-state index < -0.39 is 0 Å². The first-order chi connectivity index (χ1) is 14.2. The summed E-state index contributed by atoms with van der Waals surface area (Å²) in [6.45, 7) is 0. The maximum Gasteiger partial charge on any atom is 0.234 e.